The summed E-state index contributed by atoms with van der Waals surface area (Å²) in [7, 11) is 1.56. The number of H-pyrrole nitrogens is 1. The summed E-state index contributed by atoms with van der Waals surface area (Å²) >= 11 is 5.39. The van der Waals surface area contributed by atoms with Crippen LogP contribution in [0.4, 0.5) is 0 Å². The van der Waals surface area contributed by atoms with Gasteiger partial charge in [-0.3, -0.25) is 9.36 Å². The topological polar surface area (TPSA) is 90.9 Å². The lowest BCUT2D eigenvalue weighted by Crippen LogP contribution is -2.23. The van der Waals surface area contributed by atoms with Gasteiger partial charge in [-0.25, -0.2) is 4.98 Å². The highest BCUT2D eigenvalue weighted by Crippen LogP contribution is 2.32. The predicted molar refractivity (Wildman–Crippen MR) is 102 cm³/mol. The van der Waals surface area contributed by atoms with Gasteiger partial charge >= 0.3 is 0 Å². The summed E-state index contributed by atoms with van der Waals surface area (Å²) in [5.74, 6) is 1.10. The molecule has 27 heavy (non-hydrogen) atoms. The van der Waals surface area contributed by atoms with E-state index in [0.29, 0.717) is 39.3 Å². The van der Waals surface area contributed by atoms with Crippen molar-refractivity contribution in [2.75, 3.05) is 7.11 Å². The van der Waals surface area contributed by atoms with Crippen molar-refractivity contribution in [3.63, 3.8) is 0 Å². The molecule has 0 amide bonds. The Kier molecular flexibility index (Phi) is 4.59. The molecule has 3 heterocycles. The molecule has 138 valence electrons. The Hall–Kier alpha value is -3.20. The quantitative estimate of drug-likeness (QED) is 0.515. The zero-order chi connectivity index (χ0) is 18.8. The summed E-state index contributed by atoms with van der Waals surface area (Å²) in [5.41, 5.74) is 1.13. The Labute approximate surface area is 159 Å². The molecule has 0 radical (unpaired) electrons. The monoisotopic (exact) mass is 383 g/mol. The second-order valence-corrected chi connectivity index (χ2v) is 6.40. The van der Waals surface area contributed by atoms with Gasteiger partial charge in [0.25, 0.3) is 5.56 Å². The van der Waals surface area contributed by atoms with Crippen molar-refractivity contribution in [1.29, 1.82) is 0 Å². The molecular formula is C18H17N5O3S. The lowest BCUT2D eigenvalue weighted by atomic mass is 10.1. The maximum absolute atomic E-state index is 13.0. The molecule has 0 bridgehead atoms. The van der Waals surface area contributed by atoms with Crippen LogP contribution in [0.5, 0.6) is 5.75 Å². The molecule has 0 unspecified atom stereocenters. The molecule has 0 aliphatic heterocycles. The van der Waals surface area contributed by atoms with Crippen molar-refractivity contribution in [1.82, 2.24) is 24.3 Å². The minimum absolute atomic E-state index is 0.150. The van der Waals surface area contributed by atoms with Crippen molar-refractivity contribution >= 4 is 23.1 Å². The zero-order valence-electron chi connectivity index (χ0n) is 14.6. The van der Waals surface area contributed by atoms with Gasteiger partial charge in [0.2, 0.25) is 0 Å². The number of aromatic amines is 1. The minimum atomic E-state index is -0.150. The summed E-state index contributed by atoms with van der Waals surface area (Å²) < 4.78 is 14.6. The number of hydrogen-bond acceptors (Lipinski definition) is 6. The molecule has 0 spiro atoms. The molecule has 0 aliphatic carbocycles. The van der Waals surface area contributed by atoms with Crippen LogP contribution in [0.15, 0.2) is 52.4 Å². The lowest BCUT2D eigenvalue weighted by Gasteiger charge is -2.11. The number of aryl methyl sites for hydroxylation is 1. The molecular weight excluding hydrogens is 366 g/mol. The van der Waals surface area contributed by atoms with E-state index in [9.17, 15) is 4.79 Å². The highest BCUT2D eigenvalue weighted by molar-refractivity contribution is 7.71. The predicted octanol–water partition coefficient (Wildman–Crippen LogP) is 3.01. The number of fused-ring (bicyclic) bond motifs is 1. The van der Waals surface area contributed by atoms with Crippen LogP contribution in [0.3, 0.4) is 0 Å². The highest BCUT2D eigenvalue weighted by atomic mass is 32.1. The Morgan fingerprint density at radius 2 is 2.19 bits per heavy atom. The number of imidazole rings is 1. The van der Waals surface area contributed by atoms with E-state index in [1.54, 1.807) is 48.6 Å². The summed E-state index contributed by atoms with van der Waals surface area (Å²) in [5, 5.41) is 4.24. The first-order valence-electron chi connectivity index (χ1n) is 8.39. The van der Waals surface area contributed by atoms with Crippen LogP contribution in [-0.4, -0.2) is 31.4 Å². The average molecular weight is 383 g/mol. The van der Waals surface area contributed by atoms with Gasteiger partial charge in [0, 0.05) is 37.6 Å². The second kappa shape index (κ2) is 7.20. The van der Waals surface area contributed by atoms with Crippen molar-refractivity contribution in [2.24, 2.45) is 0 Å². The standard InChI is InChI=1S/C18H17N5O3S/c1-25-16-10-14-12(9-13(16)15-3-4-20-26-15)17(24)23(18(27)21-14)7-2-6-22-8-5-19-11-22/h3-5,8-11H,2,6-7H2,1H3,(H,21,27). The van der Waals surface area contributed by atoms with E-state index < -0.39 is 0 Å². The van der Waals surface area contributed by atoms with E-state index in [1.807, 2.05) is 10.8 Å². The number of nitrogens with zero attached hydrogens (tertiary/aromatic N) is 4. The molecule has 0 saturated heterocycles. The molecule has 3 aromatic heterocycles. The van der Waals surface area contributed by atoms with E-state index in [0.717, 1.165) is 13.0 Å². The van der Waals surface area contributed by atoms with Gasteiger partial charge in [0.05, 0.1) is 36.1 Å². The van der Waals surface area contributed by atoms with Crippen LogP contribution >= 0.6 is 12.2 Å². The number of nitrogens with one attached hydrogen (secondary N) is 1. The van der Waals surface area contributed by atoms with Gasteiger partial charge in [-0.05, 0) is 24.7 Å². The molecule has 1 N–H and O–H groups in total. The molecule has 0 saturated carbocycles. The third-order valence-electron chi connectivity index (χ3n) is 4.36. The average Bonchev–Trinajstić information content (AvgIpc) is 3.37. The lowest BCUT2D eigenvalue weighted by molar-refractivity contribution is 0.406. The summed E-state index contributed by atoms with van der Waals surface area (Å²) in [6.45, 7) is 1.26. The first-order valence-corrected chi connectivity index (χ1v) is 8.80. The first-order chi connectivity index (χ1) is 13.2. The van der Waals surface area contributed by atoms with E-state index in [-0.39, 0.29) is 5.56 Å². The van der Waals surface area contributed by atoms with Gasteiger partial charge in [-0.2, -0.15) is 0 Å². The summed E-state index contributed by atoms with van der Waals surface area (Å²) in [6, 6.07) is 5.22. The third-order valence-corrected chi connectivity index (χ3v) is 4.68. The number of hydrogen-bond donors (Lipinski definition) is 1. The molecule has 0 fully saturated rings. The maximum Gasteiger partial charge on any atom is 0.262 e. The van der Waals surface area contributed by atoms with E-state index >= 15 is 0 Å². The summed E-state index contributed by atoms with van der Waals surface area (Å²) in [6.07, 6.45) is 7.67. The van der Waals surface area contributed by atoms with Crippen LogP contribution in [0, 0.1) is 4.77 Å². The highest BCUT2D eigenvalue weighted by Gasteiger charge is 2.14. The van der Waals surface area contributed by atoms with Crippen LogP contribution in [0.2, 0.25) is 0 Å². The van der Waals surface area contributed by atoms with Gasteiger partial charge in [0.15, 0.2) is 10.5 Å². The second-order valence-electron chi connectivity index (χ2n) is 6.02. The summed E-state index contributed by atoms with van der Waals surface area (Å²) in [4.78, 5) is 20.2. The Morgan fingerprint density at radius 3 is 2.89 bits per heavy atom. The normalized spacial score (nSPS) is 11.1. The van der Waals surface area contributed by atoms with Crippen LogP contribution in [-0.2, 0) is 13.1 Å². The number of aromatic nitrogens is 5. The zero-order valence-corrected chi connectivity index (χ0v) is 15.4. The van der Waals surface area contributed by atoms with Crippen molar-refractivity contribution in [3.05, 3.63) is 58.2 Å². The van der Waals surface area contributed by atoms with E-state index in [4.69, 9.17) is 21.5 Å². The number of benzene rings is 1. The molecule has 9 heteroatoms. The fourth-order valence-electron chi connectivity index (χ4n) is 3.03. The number of rotatable bonds is 6. The molecule has 4 aromatic rings. The Bertz CT molecular complexity index is 1180. The fourth-order valence-corrected chi connectivity index (χ4v) is 3.31. The van der Waals surface area contributed by atoms with Gasteiger partial charge in [0.1, 0.15) is 5.75 Å². The Balaban J connectivity index is 1.75. The van der Waals surface area contributed by atoms with Gasteiger partial charge in [-0.1, -0.05) is 5.16 Å². The molecule has 4 rings (SSSR count). The van der Waals surface area contributed by atoms with Gasteiger partial charge in [-0.15, -0.1) is 0 Å². The smallest absolute Gasteiger partial charge is 0.262 e. The van der Waals surface area contributed by atoms with Gasteiger partial charge < -0.3 is 18.8 Å². The van der Waals surface area contributed by atoms with Crippen molar-refractivity contribution in [3.8, 4) is 17.1 Å². The van der Waals surface area contributed by atoms with Crippen molar-refractivity contribution in [2.45, 2.75) is 19.5 Å². The van der Waals surface area contributed by atoms with E-state index in [2.05, 4.69) is 15.1 Å². The third kappa shape index (κ3) is 3.28. The number of methoxy groups -OCH3 is 1. The van der Waals surface area contributed by atoms with Crippen LogP contribution < -0.4 is 10.3 Å². The fraction of sp³-hybridized carbons (Fsp3) is 0.222. The molecule has 1 aromatic carbocycles. The van der Waals surface area contributed by atoms with Crippen LogP contribution in [0.1, 0.15) is 6.42 Å². The molecule has 8 nitrogen and oxygen atoms in total. The number of ether oxygens (including phenoxy) is 1. The van der Waals surface area contributed by atoms with Crippen LogP contribution in [0.25, 0.3) is 22.2 Å². The van der Waals surface area contributed by atoms with Crippen molar-refractivity contribution < 1.29 is 9.26 Å². The Morgan fingerprint density at radius 1 is 1.30 bits per heavy atom. The SMILES string of the molecule is COc1cc2[nH]c(=S)n(CCCn3ccnc3)c(=O)c2cc1-c1ccno1. The molecule has 0 atom stereocenters. The molecule has 0 aliphatic rings. The maximum atomic E-state index is 13.0. The first kappa shape index (κ1) is 17.2. The van der Waals surface area contributed by atoms with E-state index in [1.165, 1.54) is 0 Å². The largest absolute Gasteiger partial charge is 0.496 e. The minimum Gasteiger partial charge on any atom is -0.496 e.